The summed E-state index contributed by atoms with van der Waals surface area (Å²) in [7, 11) is 0. The second-order valence-corrected chi connectivity index (χ2v) is 5.59. The molecule has 1 atom stereocenters. The van der Waals surface area contributed by atoms with Crippen LogP contribution in [0.1, 0.15) is 43.7 Å². The summed E-state index contributed by atoms with van der Waals surface area (Å²) in [6, 6.07) is 2.95. The predicted octanol–water partition coefficient (Wildman–Crippen LogP) is 4.70. The van der Waals surface area contributed by atoms with E-state index in [1.54, 1.807) is 6.07 Å². The van der Waals surface area contributed by atoms with Gasteiger partial charge in [-0.3, -0.25) is 0 Å². The molecule has 1 aliphatic carbocycles. The molecule has 1 fully saturated rings. The quantitative estimate of drug-likeness (QED) is 0.831. The summed E-state index contributed by atoms with van der Waals surface area (Å²) in [5, 5.41) is 10.8. The molecule has 0 unspecified atom stereocenters. The van der Waals surface area contributed by atoms with Crippen LogP contribution in [0.5, 0.6) is 5.75 Å². The molecule has 0 spiro atoms. The van der Waals surface area contributed by atoms with Gasteiger partial charge in [0.1, 0.15) is 5.75 Å². The Kier molecular flexibility index (Phi) is 6.06. The fourth-order valence-electron chi connectivity index (χ4n) is 2.63. The summed E-state index contributed by atoms with van der Waals surface area (Å²) in [5.41, 5.74) is 6.88. The summed E-state index contributed by atoms with van der Waals surface area (Å²) < 4.78 is 0. The van der Waals surface area contributed by atoms with E-state index in [-0.39, 0.29) is 24.2 Å². The minimum Gasteiger partial charge on any atom is -0.508 e. The second kappa shape index (κ2) is 6.85. The smallest absolute Gasteiger partial charge is 0.123 e. The third kappa shape index (κ3) is 3.45. The summed E-state index contributed by atoms with van der Waals surface area (Å²) in [6.07, 6.45) is 5.93. The molecule has 3 N–H and O–H groups in total. The van der Waals surface area contributed by atoms with Gasteiger partial charge in [0.15, 0.2) is 0 Å². The number of phenolic OH excluding ortho intramolecular Hbond substituents is 1. The molecule has 0 aromatic heterocycles. The van der Waals surface area contributed by atoms with E-state index < -0.39 is 0 Å². The molecule has 2 nitrogen and oxygen atoms in total. The molecule has 0 saturated heterocycles. The molecule has 18 heavy (non-hydrogen) atoms. The van der Waals surface area contributed by atoms with Crippen LogP contribution < -0.4 is 5.73 Å². The summed E-state index contributed by atoms with van der Waals surface area (Å²) >= 11 is 12.0. The Bertz CT molecular complexity index is 382. The topological polar surface area (TPSA) is 46.2 Å². The molecular weight excluding hydrogens is 293 g/mol. The predicted molar refractivity (Wildman–Crippen MR) is 78.9 cm³/mol. The van der Waals surface area contributed by atoms with Crippen molar-refractivity contribution >= 4 is 35.6 Å². The highest BCUT2D eigenvalue weighted by atomic mass is 35.5. The first-order chi connectivity index (χ1) is 8.09. The van der Waals surface area contributed by atoms with Crippen molar-refractivity contribution in [2.24, 2.45) is 11.7 Å². The van der Waals surface area contributed by atoms with Gasteiger partial charge in [-0.05, 0) is 30.9 Å². The summed E-state index contributed by atoms with van der Waals surface area (Å²) in [4.78, 5) is 0. The lowest BCUT2D eigenvalue weighted by atomic mass is 9.81. The number of rotatable bonds is 2. The maximum absolute atomic E-state index is 9.92. The van der Waals surface area contributed by atoms with Crippen molar-refractivity contribution in [2.45, 2.75) is 38.1 Å². The monoisotopic (exact) mass is 309 g/mol. The second-order valence-electron chi connectivity index (χ2n) is 4.74. The number of hydrogen-bond acceptors (Lipinski definition) is 2. The lowest BCUT2D eigenvalue weighted by Gasteiger charge is -2.28. The Morgan fingerprint density at radius 2 is 1.78 bits per heavy atom. The molecule has 1 aromatic carbocycles. The highest BCUT2D eigenvalue weighted by molar-refractivity contribution is 6.35. The van der Waals surface area contributed by atoms with Gasteiger partial charge in [-0.2, -0.15) is 0 Å². The zero-order valence-electron chi connectivity index (χ0n) is 10.0. The van der Waals surface area contributed by atoms with Crippen molar-refractivity contribution in [3.05, 3.63) is 27.7 Å². The van der Waals surface area contributed by atoms with Crippen LogP contribution >= 0.6 is 35.6 Å². The van der Waals surface area contributed by atoms with Gasteiger partial charge in [-0.25, -0.2) is 0 Å². The molecule has 1 aromatic rings. The van der Waals surface area contributed by atoms with Gasteiger partial charge in [0.05, 0.1) is 5.02 Å². The van der Waals surface area contributed by atoms with Crippen molar-refractivity contribution in [2.75, 3.05) is 0 Å². The van der Waals surface area contributed by atoms with Crippen molar-refractivity contribution < 1.29 is 5.11 Å². The average molecular weight is 311 g/mol. The van der Waals surface area contributed by atoms with E-state index in [1.165, 1.54) is 25.3 Å². The average Bonchev–Trinajstić information content (AvgIpc) is 2.28. The van der Waals surface area contributed by atoms with Gasteiger partial charge in [0.25, 0.3) is 0 Å². The molecule has 0 bridgehead atoms. The Balaban J connectivity index is 0.00000162. The molecule has 1 saturated carbocycles. The van der Waals surface area contributed by atoms with Crippen LogP contribution in [0.2, 0.25) is 10.0 Å². The fourth-order valence-corrected chi connectivity index (χ4v) is 3.24. The molecule has 0 radical (unpaired) electrons. The minimum absolute atomic E-state index is 0. The third-order valence-electron chi connectivity index (χ3n) is 3.56. The van der Waals surface area contributed by atoms with Crippen LogP contribution in [0.3, 0.4) is 0 Å². The van der Waals surface area contributed by atoms with Crippen molar-refractivity contribution in [3.63, 3.8) is 0 Å². The maximum atomic E-state index is 9.92. The highest BCUT2D eigenvalue weighted by Crippen LogP contribution is 2.40. The van der Waals surface area contributed by atoms with Gasteiger partial charge < -0.3 is 10.8 Å². The van der Waals surface area contributed by atoms with Crippen LogP contribution in [-0.4, -0.2) is 5.11 Å². The van der Waals surface area contributed by atoms with E-state index in [0.717, 1.165) is 12.8 Å². The van der Waals surface area contributed by atoms with Crippen LogP contribution in [0.4, 0.5) is 0 Å². The third-order valence-corrected chi connectivity index (χ3v) is 4.09. The number of benzene rings is 1. The zero-order chi connectivity index (χ0) is 12.4. The number of aromatic hydroxyl groups is 1. The Morgan fingerprint density at radius 1 is 1.17 bits per heavy atom. The van der Waals surface area contributed by atoms with Crippen molar-refractivity contribution in [1.82, 2.24) is 0 Å². The van der Waals surface area contributed by atoms with Gasteiger partial charge in [-0.1, -0.05) is 42.5 Å². The number of hydrogen-bond donors (Lipinski definition) is 2. The normalized spacial score (nSPS) is 18.2. The molecule has 0 amide bonds. The first-order valence-electron chi connectivity index (χ1n) is 6.03. The highest BCUT2D eigenvalue weighted by Gasteiger charge is 2.25. The van der Waals surface area contributed by atoms with Crippen molar-refractivity contribution in [1.29, 1.82) is 0 Å². The first-order valence-corrected chi connectivity index (χ1v) is 6.78. The SMILES string of the molecule is Cl.N[C@H](c1c(O)cc(Cl)cc1Cl)C1CCCCC1. The van der Waals surface area contributed by atoms with Gasteiger partial charge in [-0.15, -0.1) is 12.4 Å². The Morgan fingerprint density at radius 3 is 2.33 bits per heavy atom. The van der Waals surface area contributed by atoms with Crippen LogP contribution in [0.25, 0.3) is 0 Å². The van der Waals surface area contributed by atoms with Gasteiger partial charge in [0, 0.05) is 16.6 Å². The number of phenols is 1. The van der Waals surface area contributed by atoms with Gasteiger partial charge >= 0.3 is 0 Å². The number of nitrogens with two attached hydrogens (primary N) is 1. The van der Waals surface area contributed by atoms with E-state index in [0.29, 0.717) is 21.5 Å². The van der Waals surface area contributed by atoms with E-state index in [2.05, 4.69) is 0 Å². The van der Waals surface area contributed by atoms with Crippen LogP contribution in [-0.2, 0) is 0 Å². The summed E-state index contributed by atoms with van der Waals surface area (Å²) in [6.45, 7) is 0. The Labute approximate surface area is 124 Å². The maximum Gasteiger partial charge on any atom is 0.123 e. The summed E-state index contributed by atoms with van der Waals surface area (Å²) in [5.74, 6) is 0.522. The van der Waals surface area contributed by atoms with E-state index >= 15 is 0 Å². The zero-order valence-corrected chi connectivity index (χ0v) is 12.4. The van der Waals surface area contributed by atoms with E-state index in [1.807, 2.05) is 0 Å². The van der Waals surface area contributed by atoms with E-state index in [9.17, 15) is 5.11 Å². The standard InChI is InChI=1S/C13H17Cl2NO.ClH/c14-9-6-10(15)12(11(17)7-9)13(16)8-4-2-1-3-5-8;/h6-8,13,17H,1-5,16H2;1H/t13-;/m0./s1. The Hall–Kier alpha value is -0.150. The fraction of sp³-hybridized carbons (Fsp3) is 0.538. The lowest BCUT2D eigenvalue weighted by molar-refractivity contribution is 0.303. The van der Waals surface area contributed by atoms with Crippen molar-refractivity contribution in [3.8, 4) is 5.75 Å². The molecule has 0 aliphatic heterocycles. The minimum atomic E-state index is -0.194. The van der Waals surface area contributed by atoms with Gasteiger partial charge in [0.2, 0.25) is 0 Å². The van der Waals surface area contributed by atoms with Crippen LogP contribution in [0, 0.1) is 5.92 Å². The first kappa shape index (κ1) is 15.9. The molecule has 2 rings (SSSR count). The largest absolute Gasteiger partial charge is 0.508 e. The lowest BCUT2D eigenvalue weighted by Crippen LogP contribution is -2.24. The van der Waals surface area contributed by atoms with Crippen LogP contribution in [0.15, 0.2) is 12.1 Å². The molecule has 0 heterocycles. The molecule has 5 heteroatoms. The molecule has 1 aliphatic rings. The van der Waals surface area contributed by atoms with E-state index in [4.69, 9.17) is 28.9 Å². The molecule has 102 valence electrons. The molecular formula is C13H18Cl3NO. The number of halogens is 3.